The Morgan fingerprint density at radius 1 is 1.04 bits per heavy atom. The highest BCUT2D eigenvalue weighted by atomic mass is 35.5. The van der Waals surface area contributed by atoms with Crippen molar-refractivity contribution in [1.29, 1.82) is 0 Å². The van der Waals surface area contributed by atoms with Crippen molar-refractivity contribution in [3.05, 3.63) is 70.7 Å². The van der Waals surface area contributed by atoms with E-state index in [1.807, 2.05) is 0 Å². The van der Waals surface area contributed by atoms with Gasteiger partial charge in [-0.05, 0) is 48.9 Å². The first-order valence-corrected chi connectivity index (χ1v) is 9.17. The van der Waals surface area contributed by atoms with Crippen LogP contribution in [0.1, 0.15) is 18.5 Å². The summed E-state index contributed by atoms with van der Waals surface area (Å²) >= 11 is 11.8. The average Bonchev–Trinajstić information content (AvgIpc) is 3.20. The highest BCUT2D eigenvalue weighted by molar-refractivity contribution is 6.42. The summed E-state index contributed by atoms with van der Waals surface area (Å²) in [7, 11) is 0. The van der Waals surface area contributed by atoms with Gasteiger partial charge in [-0.2, -0.15) is 5.10 Å². The van der Waals surface area contributed by atoms with Crippen LogP contribution in [-0.4, -0.2) is 26.6 Å². The third-order valence-corrected chi connectivity index (χ3v) is 4.74. The van der Waals surface area contributed by atoms with Crippen LogP contribution < -0.4 is 10.6 Å². The van der Waals surface area contributed by atoms with Crippen LogP contribution in [0.25, 0.3) is 0 Å². The van der Waals surface area contributed by atoms with Gasteiger partial charge >= 0.3 is 0 Å². The van der Waals surface area contributed by atoms with E-state index >= 15 is 0 Å². The third kappa shape index (κ3) is 5.09. The Kier molecular flexibility index (Phi) is 6.28. The van der Waals surface area contributed by atoms with Gasteiger partial charge in [0.15, 0.2) is 0 Å². The predicted molar refractivity (Wildman–Crippen MR) is 109 cm³/mol. The Labute approximate surface area is 171 Å². The molecule has 0 aliphatic rings. The van der Waals surface area contributed by atoms with Crippen LogP contribution in [0, 0.1) is 0 Å². The van der Waals surface area contributed by atoms with E-state index in [0.717, 1.165) is 5.56 Å². The van der Waals surface area contributed by atoms with Crippen LogP contribution in [0.3, 0.4) is 0 Å². The van der Waals surface area contributed by atoms with Gasteiger partial charge in [0.1, 0.15) is 18.7 Å². The van der Waals surface area contributed by atoms with E-state index in [-0.39, 0.29) is 18.2 Å². The van der Waals surface area contributed by atoms with Crippen LogP contribution in [-0.2, 0) is 16.0 Å². The van der Waals surface area contributed by atoms with Gasteiger partial charge in [0, 0.05) is 11.4 Å². The minimum Gasteiger partial charge on any atom is -0.326 e. The maximum atomic E-state index is 12.2. The van der Waals surface area contributed by atoms with E-state index in [4.69, 9.17) is 23.2 Å². The number of benzene rings is 2. The van der Waals surface area contributed by atoms with Crippen LogP contribution in [0.5, 0.6) is 0 Å². The monoisotopic (exact) mass is 417 g/mol. The minimum absolute atomic E-state index is 0.171. The van der Waals surface area contributed by atoms with Gasteiger partial charge in [-0.1, -0.05) is 29.3 Å². The van der Waals surface area contributed by atoms with Gasteiger partial charge in [-0.25, -0.2) is 9.67 Å². The number of carbonyl (C=O) groups excluding carboxylic acids is 2. The Morgan fingerprint density at radius 2 is 1.71 bits per heavy atom. The highest BCUT2D eigenvalue weighted by Crippen LogP contribution is 2.23. The zero-order chi connectivity index (χ0) is 20.1. The molecule has 9 heteroatoms. The summed E-state index contributed by atoms with van der Waals surface area (Å²) in [5, 5.41) is 10.4. The average molecular weight is 418 g/mol. The molecule has 3 rings (SSSR count). The first kappa shape index (κ1) is 19.9. The second-order valence-electron chi connectivity index (χ2n) is 6.09. The lowest BCUT2D eigenvalue weighted by molar-refractivity contribution is -0.119. The van der Waals surface area contributed by atoms with Crippen LogP contribution in [0.15, 0.2) is 55.1 Å². The molecule has 0 fully saturated rings. The fourth-order valence-corrected chi connectivity index (χ4v) is 2.78. The van der Waals surface area contributed by atoms with Crippen molar-refractivity contribution in [3.8, 4) is 0 Å². The molecule has 2 amide bonds. The van der Waals surface area contributed by atoms with Crippen LogP contribution in [0.2, 0.25) is 10.0 Å². The lowest BCUT2D eigenvalue weighted by Crippen LogP contribution is -2.24. The Hall–Kier alpha value is -2.90. The number of aromatic nitrogens is 3. The molecule has 3 aromatic rings. The van der Waals surface area contributed by atoms with Crippen molar-refractivity contribution in [3.63, 3.8) is 0 Å². The maximum Gasteiger partial charge on any atom is 0.249 e. The van der Waals surface area contributed by atoms with E-state index in [0.29, 0.717) is 21.4 Å². The van der Waals surface area contributed by atoms with Gasteiger partial charge in [-0.3, -0.25) is 9.59 Å². The van der Waals surface area contributed by atoms with Crippen LogP contribution in [0.4, 0.5) is 11.4 Å². The molecule has 2 aromatic carbocycles. The number of nitrogens with zero attached hydrogens (tertiary/aromatic N) is 3. The number of carbonyl (C=O) groups is 2. The molecule has 1 heterocycles. The lowest BCUT2D eigenvalue weighted by Gasteiger charge is -2.12. The smallest absolute Gasteiger partial charge is 0.249 e. The molecule has 0 saturated carbocycles. The predicted octanol–water partition coefficient (Wildman–Crippen LogP) is 3.97. The first-order valence-electron chi connectivity index (χ1n) is 8.41. The Bertz CT molecular complexity index is 974. The second-order valence-corrected chi connectivity index (χ2v) is 6.91. The zero-order valence-corrected chi connectivity index (χ0v) is 16.4. The third-order valence-electron chi connectivity index (χ3n) is 4.00. The second kappa shape index (κ2) is 8.86. The molecule has 1 aromatic heterocycles. The number of anilines is 2. The number of hydrogen-bond donors (Lipinski definition) is 2. The SMILES string of the molecule is C[C@@H](C(=O)Nc1ccc(NC(=O)Cc2ccc(Cl)c(Cl)c2)cc1)n1cncn1. The van der Waals surface area contributed by atoms with E-state index in [9.17, 15) is 9.59 Å². The van der Waals surface area contributed by atoms with Crippen LogP contribution >= 0.6 is 23.2 Å². The van der Waals surface area contributed by atoms with Crippen molar-refractivity contribution >= 4 is 46.4 Å². The van der Waals surface area contributed by atoms with Crippen molar-refractivity contribution in [1.82, 2.24) is 14.8 Å². The molecule has 0 spiro atoms. The highest BCUT2D eigenvalue weighted by Gasteiger charge is 2.15. The normalized spacial score (nSPS) is 11.7. The topological polar surface area (TPSA) is 88.9 Å². The van der Waals surface area contributed by atoms with Gasteiger partial charge in [0.2, 0.25) is 11.8 Å². The fourth-order valence-electron chi connectivity index (χ4n) is 2.46. The molecule has 144 valence electrons. The summed E-state index contributed by atoms with van der Waals surface area (Å²) in [6, 6.07) is 11.4. The molecule has 0 radical (unpaired) electrons. The lowest BCUT2D eigenvalue weighted by atomic mass is 10.1. The zero-order valence-electron chi connectivity index (χ0n) is 14.9. The van der Waals surface area contributed by atoms with Gasteiger partial charge in [0.05, 0.1) is 16.5 Å². The quantitative estimate of drug-likeness (QED) is 0.634. The number of rotatable bonds is 6. The molecule has 2 N–H and O–H groups in total. The number of amides is 2. The van der Waals surface area contributed by atoms with Crippen molar-refractivity contribution in [2.75, 3.05) is 10.6 Å². The molecule has 0 aliphatic carbocycles. The molecule has 0 saturated heterocycles. The molecule has 0 bridgehead atoms. The van der Waals surface area contributed by atoms with Crippen molar-refractivity contribution in [2.24, 2.45) is 0 Å². The van der Waals surface area contributed by atoms with Crippen molar-refractivity contribution in [2.45, 2.75) is 19.4 Å². The largest absolute Gasteiger partial charge is 0.326 e. The molecule has 28 heavy (non-hydrogen) atoms. The number of nitrogens with one attached hydrogen (secondary N) is 2. The summed E-state index contributed by atoms with van der Waals surface area (Å²) in [6.07, 6.45) is 3.03. The molecule has 0 aliphatic heterocycles. The summed E-state index contributed by atoms with van der Waals surface area (Å²) in [5.41, 5.74) is 1.99. The molecule has 1 atom stereocenters. The summed E-state index contributed by atoms with van der Waals surface area (Å²) in [4.78, 5) is 28.3. The van der Waals surface area contributed by atoms with Gasteiger partial charge in [-0.15, -0.1) is 0 Å². The van der Waals surface area contributed by atoms with E-state index in [1.54, 1.807) is 49.4 Å². The standard InChI is InChI=1S/C19H17Cl2N5O2/c1-12(26-11-22-10-23-26)19(28)25-15-5-3-14(4-6-15)24-18(27)9-13-2-7-16(20)17(21)8-13/h2-8,10-12H,9H2,1H3,(H,24,27)(H,25,28)/t12-/m0/s1. The number of halogens is 2. The summed E-state index contributed by atoms with van der Waals surface area (Å²) in [6.45, 7) is 1.72. The first-order chi connectivity index (χ1) is 13.4. The van der Waals surface area contributed by atoms with Gasteiger partial charge in [0.25, 0.3) is 0 Å². The summed E-state index contributed by atoms with van der Waals surface area (Å²) in [5.74, 6) is -0.406. The maximum absolute atomic E-state index is 12.2. The van der Waals surface area contributed by atoms with Gasteiger partial charge < -0.3 is 10.6 Å². The molecule has 7 nitrogen and oxygen atoms in total. The van der Waals surface area contributed by atoms with Crippen molar-refractivity contribution < 1.29 is 9.59 Å². The Balaban J connectivity index is 1.55. The number of hydrogen-bond acceptors (Lipinski definition) is 4. The fraction of sp³-hybridized carbons (Fsp3) is 0.158. The molecular formula is C19H17Cl2N5O2. The summed E-state index contributed by atoms with van der Waals surface area (Å²) < 4.78 is 1.47. The molecular weight excluding hydrogens is 401 g/mol. The van der Waals surface area contributed by atoms with E-state index < -0.39 is 6.04 Å². The molecule has 0 unspecified atom stereocenters. The van der Waals surface area contributed by atoms with E-state index in [1.165, 1.54) is 17.3 Å². The Morgan fingerprint density at radius 3 is 2.32 bits per heavy atom. The minimum atomic E-state index is -0.493. The van der Waals surface area contributed by atoms with E-state index in [2.05, 4.69) is 20.7 Å².